The van der Waals surface area contributed by atoms with Crippen LogP contribution in [-0.4, -0.2) is 52.4 Å². The number of fused-ring (bicyclic) bond motifs is 1. The smallest absolute Gasteiger partial charge is 0.364 e. The lowest BCUT2D eigenvalue weighted by molar-refractivity contribution is -0.0328. The summed E-state index contributed by atoms with van der Waals surface area (Å²) in [5, 5.41) is 7.29. The van der Waals surface area contributed by atoms with Crippen LogP contribution in [0.2, 0.25) is 0 Å². The molecule has 0 bridgehead atoms. The number of nitrogens with one attached hydrogen (secondary N) is 1. The van der Waals surface area contributed by atoms with E-state index in [1.165, 1.54) is 4.52 Å². The summed E-state index contributed by atoms with van der Waals surface area (Å²) in [7, 11) is 1.86. The SMILES string of the molecule is CN1CC[C@@H](Nc2cccc3c(SC(F)(F)F)c(I)nn23)[C@@H](F)C1. The van der Waals surface area contributed by atoms with Crippen LogP contribution in [0.5, 0.6) is 0 Å². The van der Waals surface area contributed by atoms with Crippen molar-refractivity contribution in [2.75, 3.05) is 25.5 Å². The summed E-state index contributed by atoms with van der Waals surface area (Å²) in [5.74, 6) is 0.497. The number of pyridine rings is 1. The Bertz CT molecular complexity index is 735. The molecule has 1 aliphatic heterocycles. The van der Waals surface area contributed by atoms with Crippen LogP contribution in [0.3, 0.4) is 0 Å². The molecule has 3 heterocycles. The maximum absolute atomic E-state index is 14.2. The lowest BCUT2D eigenvalue weighted by Crippen LogP contribution is -2.46. The molecule has 0 radical (unpaired) electrons. The van der Waals surface area contributed by atoms with Crippen LogP contribution in [0.25, 0.3) is 5.52 Å². The second-order valence-electron chi connectivity index (χ2n) is 5.69. The van der Waals surface area contributed by atoms with Crippen molar-refractivity contribution in [3.05, 3.63) is 21.9 Å². The molecule has 0 aromatic carbocycles. The van der Waals surface area contributed by atoms with E-state index in [-0.39, 0.29) is 26.4 Å². The highest BCUT2D eigenvalue weighted by Crippen LogP contribution is 2.41. The molecule has 24 heavy (non-hydrogen) atoms. The Morgan fingerprint density at radius 3 is 2.79 bits per heavy atom. The molecule has 0 amide bonds. The van der Waals surface area contributed by atoms with E-state index in [2.05, 4.69) is 10.4 Å². The number of likely N-dealkylation sites (tertiary alicyclic amines) is 1. The fourth-order valence-corrected chi connectivity index (χ4v) is 4.19. The van der Waals surface area contributed by atoms with Gasteiger partial charge in [-0.05, 0) is 60.0 Å². The second-order valence-corrected chi connectivity index (χ2v) is 7.79. The van der Waals surface area contributed by atoms with Gasteiger partial charge in [0.15, 0.2) is 0 Å². The molecule has 1 fully saturated rings. The van der Waals surface area contributed by atoms with E-state index in [1.807, 2.05) is 11.9 Å². The van der Waals surface area contributed by atoms with Gasteiger partial charge in [0, 0.05) is 13.1 Å². The minimum atomic E-state index is -4.38. The number of rotatable bonds is 3. The van der Waals surface area contributed by atoms with Gasteiger partial charge in [0.1, 0.15) is 15.7 Å². The van der Waals surface area contributed by atoms with Crippen molar-refractivity contribution < 1.29 is 17.6 Å². The predicted octanol–water partition coefficient (Wildman–Crippen LogP) is 4.00. The fourth-order valence-electron chi connectivity index (χ4n) is 2.75. The number of anilines is 1. The van der Waals surface area contributed by atoms with E-state index in [4.69, 9.17) is 0 Å². The van der Waals surface area contributed by atoms with Crippen LogP contribution in [0.15, 0.2) is 23.1 Å². The average Bonchev–Trinajstić information content (AvgIpc) is 2.78. The van der Waals surface area contributed by atoms with Crippen molar-refractivity contribution in [1.29, 1.82) is 0 Å². The highest BCUT2D eigenvalue weighted by Gasteiger charge is 2.33. The summed E-state index contributed by atoms with van der Waals surface area (Å²) >= 11 is 1.61. The lowest BCUT2D eigenvalue weighted by Gasteiger charge is -2.33. The first kappa shape index (κ1) is 18.1. The fraction of sp³-hybridized carbons (Fsp3) is 0.500. The molecular weight excluding hydrogens is 459 g/mol. The van der Waals surface area contributed by atoms with Gasteiger partial charge in [0.05, 0.1) is 16.5 Å². The maximum Gasteiger partial charge on any atom is 0.446 e. The number of hydrogen-bond donors (Lipinski definition) is 1. The average molecular weight is 474 g/mol. The highest BCUT2D eigenvalue weighted by atomic mass is 127. The summed E-state index contributed by atoms with van der Waals surface area (Å²) in [6.07, 6.45) is -0.422. The molecule has 0 aliphatic carbocycles. The molecule has 1 saturated heterocycles. The third kappa shape index (κ3) is 3.90. The zero-order valence-corrected chi connectivity index (χ0v) is 15.6. The Morgan fingerprint density at radius 1 is 1.38 bits per heavy atom. The number of nitrogens with zero attached hydrogens (tertiary/aromatic N) is 3. The first-order chi connectivity index (χ1) is 11.2. The van der Waals surface area contributed by atoms with Gasteiger partial charge in [-0.3, -0.25) is 0 Å². The number of piperidine rings is 1. The highest BCUT2D eigenvalue weighted by molar-refractivity contribution is 14.1. The Balaban J connectivity index is 1.91. The quantitative estimate of drug-likeness (QED) is 0.414. The van der Waals surface area contributed by atoms with Gasteiger partial charge in [-0.15, -0.1) is 0 Å². The van der Waals surface area contributed by atoms with Crippen LogP contribution in [0, 0.1) is 3.70 Å². The summed E-state index contributed by atoms with van der Waals surface area (Å²) in [6.45, 7) is 1.10. The van der Waals surface area contributed by atoms with Crippen LogP contribution in [-0.2, 0) is 0 Å². The molecule has 1 aliphatic rings. The zero-order valence-electron chi connectivity index (χ0n) is 12.6. The molecule has 0 spiro atoms. The topological polar surface area (TPSA) is 32.6 Å². The van der Waals surface area contributed by atoms with Gasteiger partial charge in [-0.1, -0.05) is 6.07 Å². The first-order valence-corrected chi connectivity index (χ1v) is 9.16. The van der Waals surface area contributed by atoms with Crippen LogP contribution in [0.1, 0.15) is 6.42 Å². The van der Waals surface area contributed by atoms with Crippen LogP contribution >= 0.6 is 34.4 Å². The third-order valence-electron chi connectivity index (χ3n) is 3.87. The van der Waals surface area contributed by atoms with Crippen molar-refractivity contribution in [3.8, 4) is 0 Å². The molecule has 0 saturated carbocycles. The standard InChI is InChI=1S/C14H15F4IN4S/c1-22-6-5-9(8(15)7-22)20-11-4-2-3-10-12(24-14(16,17)18)13(19)21-23(10)11/h2-4,8-9,20H,5-7H2,1H3/t8-,9+/m0/s1. The molecule has 10 heteroatoms. The van der Waals surface area contributed by atoms with E-state index in [1.54, 1.807) is 40.8 Å². The molecule has 1 N–H and O–H groups in total. The molecule has 132 valence electrons. The van der Waals surface area contributed by atoms with E-state index in [0.29, 0.717) is 24.3 Å². The Kier molecular flexibility index (Phi) is 5.17. The molecule has 0 unspecified atom stereocenters. The summed E-state index contributed by atoms with van der Waals surface area (Å²) in [6, 6.07) is 4.55. The van der Waals surface area contributed by atoms with Gasteiger partial charge in [0.25, 0.3) is 0 Å². The minimum Gasteiger partial charge on any atom is -0.364 e. The molecule has 2 aromatic heterocycles. The van der Waals surface area contributed by atoms with Gasteiger partial charge in [0.2, 0.25) is 0 Å². The van der Waals surface area contributed by atoms with E-state index < -0.39 is 11.7 Å². The van der Waals surface area contributed by atoms with Crippen LogP contribution < -0.4 is 5.32 Å². The molecule has 3 rings (SSSR count). The van der Waals surface area contributed by atoms with Crippen molar-refractivity contribution in [1.82, 2.24) is 14.5 Å². The minimum absolute atomic E-state index is 0.0620. The molecular formula is C14H15F4IN4S. The Hall–Kier alpha value is -0.750. The predicted molar refractivity (Wildman–Crippen MR) is 94.2 cm³/mol. The molecule has 2 aromatic rings. The summed E-state index contributed by atoms with van der Waals surface area (Å²) in [5.41, 5.74) is -4.03. The van der Waals surface area contributed by atoms with Crippen molar-refractivity contribution >= 4 is 45.7 Å². The van der Waals surface area contributed by atoms with Gasteiger partial charge in [-0.2, -0.15) is 18.3 Å². The number of thioether (sulfide) groups is 1. The van der Waals surface area contributed by atoms with Crippen molar-refractivity contribution in [3.63, 3.8) is 0 Å². The monoisotopic (exact) mass is 474 g/mol. The summed E-state index contributed by atoms with van der Waals surface area (Å²) in [4.78, 5) is 1.98. The molecule has 2 atom stereocenters. The number of halogens is 5. The van der Waals surface area contributed by atoms with Crippen LogP contribution in [0.4, 0.5) is 23.4 Å². The number of aromatic nitrogens is 2. The third-order valence-corrected chi connectivity index (χ3v) is 5.83. The molecule has 4 nitrogen and oxygen atoms in total. The second kappa shape index (κ2) is 6.87. The van der Waals surface area contributed by atoms with E-state index in [9.17, 15) is 17.6 Å². The summed E-state index contributed by atoms with van der Waals surface area (Å²) < 4.78 is 54.1. The van der Waals surface area contributed by atoms with Gasteiger partial charge < -0.3 is 10.2 Å². The number of alkyl halides is 4. The van der Waals surface area contributed by atoms with Crippen molar-refractivity contribution in [2.45, 2.75) is 29.0 Å². The van der Waals surface area contributed by atoms with E-state index in [0.717, 1.165) is 6.54 Å². The lowest BCUT2D eigenvalue weighted by atomic mass is 10.0. The number of hydrogen-bond acceptors (Lipinski definition) is 4. The normalized spacial score (nSPS) is 22.9. The van der Waals surface area contributed by atoms with Gasteiger partial charge >= 0.3 is 5.51 Å². The van der Waals surface area contributed by atoms with Gasteiger partial charge in [-0.25, -0.2) is 8.91 Å². The maximum atomic E-state index is 14.2. The zero-order chi connectivity index (χ0) is 17.5. The Labute approximate surface area is 154 Å². The van der Waals surface area contributed by atoms with E-state index >= 15 is 0 Å². The van der Waals surface area contributed by atoms with Crippen molar-refractivity contribution in [2.24, 2.45) is 0 Å². The first-order valence-electron chi connectivity index (χ1n) is 7.27. The Morgan fingerprint density at radius 2 is 2.12 bits per heavy atom. The largest absolute Gasteiger partial charge is 0.446 e.